The highest BCUT2D eigenvalue weighted by atomic mass is 31.1. The molecule has 2 nitrogen and oxygen atoms in total. The Bertz CT molecular complexity index is 765. The number of phenols is 1. The van der Waals surface area contributed by atoms with E-state index in [9.17, 15) is 5.11 Å². The van der Waals surface area contributed by atoms with Crippen molar-refractivity contribution in [1.29, 1.82) is 0 Å². The number of benzene rings is 2. The predicted octanol–water partition coefficient (Wildman–Crippen LogP) is 5.76. The summed E-state index contributed by atoms with van der Waals surface area (Å²) in [4.78, 5) is 2.58. The summed E-state index contributed by atoms with van der Waals surface area (Å²) in [6, 6.07) is 11.2. The van der Waals surface area contributed by atoms with Gasteiger partial charge in [-0.05, 0) is 69.0 Å². The molecule has 0 saturated carbocycles. The van der Waals surface area contributed by atoms with E-state index in [4.69, 9.17) is 0 Å². The van der Waals surface area contributed by atoms with Gasteiger partial charge < -0.3 is 10.0 Å². The fourth-order valence-corrected chi connectivity index (χ4v) is 5.52. The predicted molar refractivity (Wildman–Crippen MR) is 116 cm³/mol. The van der Waals surface area contributed by atoms with Crippen LogP contribution in [0.4, 0.5) is 5.69 Å². The molecule has 1 aliphatic rings. The van der Waals surface area contributed by atoms with E-state index in [0.29, 0.717) is 20.0 Å². The van der Waals surface area contributed by atoms with Crippen molar-refractivity contribution in [3.05, 3.63) is 52.6 Å². The van der Waals surface area contributed by atoms with E-state index in [-0.39, 0.29) is 0 Å². The van der Waals surface area contributed by atoms with Gasteiger partial charge in [-0.25, -0.2) is 0 Å². The van der Waals surface area contributed by atoms with Gasteiger partial charge in [0.2, 0.25) is 0 Å². The lowest BCUT2D eigenvalue weighted by Gasteiger charge is -2.32. The summed E-state index contributed by atoms with van der Waals surface area (Å²) >= 11 is 0. The van der Waals surface area contributed by atoms with Gasteiger partial charge in [-0.3, -0.25) is 0 Å². The van der Waals surface area contributed by atoms with Gasteiger partial charge in [-0.2, -0.15) is 0 Å². The van der Waals surface area contributed by atoms with Crippen LogP contribution in [-0.2, 0) is 0 Å². The second kappa shape index (κ2) is 8.44. The first kappa shape index (κ1) is 19.2. The lowest BCUT2D eigenvalue weighted by atomic mass is 10.0. The summed E-state index contributed by atoms with van der Waals surface area (Å²) in [7, 11) is 0.680. The molecule has 2 atom stereocenters. The third-order valence-corrected chi connectivity index (χ3v) is 7.24. The number of phenolic OH excluding ortho intramolecular Hbond substituents is 1. The van der Waals surface area contributed by atoms with Gasteiger partial charge in [-0.15, -0.1) is 0 Å². The Labute approximate surface area is 160 Å². The zero-order valence-corrected chi connectivity index (χ0v) is 17.6. The van der Waals surface area contributed by atoms with Gasteiger partial charge in [0, 0.05) is 30.0 Å². The highest BCUT2D eigenvalue weighted by molar-refractivity contribution is 7.48. The molecule has 0 spiro atoms. The third kappa shape index (κ3) is 4.23. The molecular weight excluding hydrogens is 337 g/mol. The Morgan fingerprint density at radius 2 is 1.73 bits per heavy atom. The van der Waals surface area contributed by atoms with Gasteiger partial charge in [-0.1, -0.05) is 45.3 Å². The average Bonchev–Trinajstić information content (AvgIpc) is 2.64. The second-order valence-electron chi connectivity index (χ2n) is 7.69. The molecule has 3 rings (SSSR count). The fraction of sp³-hybridized carbons (Fsp3) is 0.478. The van der Waals surface area contributed by atoms with Crippen LogP contribution in [0.1, 0.15) is 60.5 Å². The number of aryl methyl sites for hydroxylation is 3. The molecule has 0 aromatic heterocycles. The van der Waals surface area contributed by atoms with Crippen LogP contribution in [0, 0.1) is 20.8 Å². The summed E-state index contributed by atoms with van der Waals surface area (Å²) in [6.07, 6.45) is 4.99. The quantitative estimate of drug-likeness (QED) is 0.677. The normalized spacial score (nSPS) is 16.4. The van der Waals surface area contributed by atoms with Gasteiger partial charge in [0.05, 0.1) is 0 Å². The molecule has 1 saturated heterocycles. The number of nitrogens with zero attached hydrogens (tertiary/aromatic N) is 1. The molecule has 26 heavy (non-hydrogen) atoms. The van der Waals surface area contributed by atoms with Crippen LogP contribution in [0.2, 0.25) is 0 Å². The molecule has 1 heterocycles. The zero-order chi connectivity index (χ0) is 18.7. The molecule has 1 fully saturated rings. The first-order valence-corrected chi connectivity index (χ1v) is 11.0. The highest BCUT2D eigenvalue weighted by Crippen LogP contribution is 2.44. The number of hydrogen-bond acceptors (Lipinski definition) is 2. The Balaban J connectivity index is 1.94. The van der Waals surface area contributed by atoms with E-state index in [1.165, 1.54) is 54.5 Å². The van der Waals surface area contributed by atoms with Gasteiger partial charge in [0.15, 0.2) is 0 Å². The molecule has 0 amide bonds. The largest absolute Gasteiger partial charge is 0.507 e. The van der Waals surface area contributed by atoms with E-state index in [0.717, 1.165) is 17.5 Å². The smallest absolute Gasteiger partial charge is 0.122 e. The molecule has 140 valence electrons. The fourth-order valence-electron chi connectivity index (χ4n) is 4.01. The van der Waals surface area contributed by atoms with Crippen molar-refractivity contribution in [2.45, 2.75) is 59.0 Å². The maximum atomic E-state index is 10.7. The maximum Gasteiger partial charge on any atom is 0.122 e. The lowest BCUT2D eigenvalue weighted by molar-refractivity contribution is 0.462. The van der Waals surface area contributed by atoms with Crippen molar-refractivity contribution in [1.82, 2.24) is 0 Å². The average molecular weight is 369 g/mol. The molecule has 2 unspecified atom stereocenters. The minimum atomic E-state index is 0.375. The number of piperidine rings is 1. The Kier molecular flexibility index (Phi) is 6.24. The topological polar surface area (TPSA) is 23.5 Å². The standard InChI is InChI=1S/C23H32NOP/c1-5-21(19-14-17(3)13-18(4)23(19)25)26-22-10-9-16(2)15-20(22)24-11-7-6-8-12-24/h9-10,13-15,21,25-26H,5-8,11-12H2,1-4H3. The Hall–Kier alpha value is -1.53. The van der Waals surface area contributed by atoms with Crippen molar-refractivity contribution in [3.8, 4) is 5.75 Å². The van der Waals surface area contributed by atoms with Crippen LogP contribution >= 0.6 is 8.58 Å². The van der Waals surface area contributed by atoms with Crippen molar-refractivity contribution in [3.63, 3.8) is 0 Å². The first-order chi connectivity index (χ1) is 12.5. The lowest BCUT2D eigenvalue weighted by Crippen LogP contribution is -2.32. The van der Waals surface area contributed by atoms with Crippen LogP contribution in [0.15, 0.2) is 30.3 Å². The van der Waals surface area contributed by atoms with Crippen molar-refractivity contribution in [2.24, 2.45) is 0 Å². The van der Waals surface area contributed by atoms with Crippen molar-refractivity contribution in [2.75, 3.05) is 18.0 Å². The molecule has 2 aromatic carbocycles. The van der Waals surface area contributed by atoms with Crippen molar-refractivity contribution >= 4 is 19.6 Å². The molecule has 0 radical (unpaired) electrons. The van der Waals surface area contributed by atoms with Gasteiger partial charge >= 0.3 is 0 Å². The van der Waals surface area contributed by atoms with E-state index in [2.05, 4.69) is 56.0 Å². The minimum absolute atomic E-state index is 0.375. The third-order valence-electron chi connectivity index (χ3n) is 5.44. The van der Waals surface area contributed by atoms with Crippen LogP contribution < -0.4 is 10.2 Å². The van der Waals surface area contributed by atoms with Crippen LogP contribution in [0.3, 0.4) is 0 Å². The number of aromatic hydroxyl groups is 1. The molecule has 1 aliphatic heterocycles. The van der Waals surface area contributed by atoms with Crippen LogP contribution in [-0.4, -0.2) is 18.2 Å². The van der Waals surface area contributed by atoms with E-state index in [1.807, 2.05) is 6.92 Å². The summed E-state index contributed by atoms with van der Waals surface area (Å²) in [5.41, 5.74) is 6.47. The van der Waals surface area contributed by atoms with Gasteiger partial charge in [0.1, 0.15) is 5.75 Å². The Morgan fingerprint density at radius 3 is 2.42 bits per heavy atom. The highest BCUT2D eigenvalue weighted by Gasteiger charge is 2.20. The first-order valence-electron chi connectivity index (χ1n) is 9.92. The summed E-state index contributed by atoms with van der Waals surface area (Å²) < 4.78 is 0. The summed E-state index contributed by atoms with van der Waals surface area (Å²) in [5, 5.41) is 12.1. The van der Waals surface area contributed by atoms with E-state index in [1.54, 1.807) is 0 Å². The van der Waals surface area contributed by atoms with Gasteiger partial charge in [0.25, 0.3) is 0 Å². The monoisotopic (exact) mass is 369 g/mol. The molecule has 3 heteroatoms. The minimum Gasteiger partial charge on any atom is -0.507 e. The maximum absolute atomic E-state index is 10.7. The SMILES string of the molecule is CCC(Pc1ccc(C)cc1N1CCCCC1)c1cc(C)cc(C)c1O. The van der Waals surface area contributed by atoms with Crippen LogP contribution in [0.25, 0.3) is 0 Å². The molecule has 0 bridgehead atoms. The van der Waals surface area contributed by atoms with E-state index < -0.39 is 0 Å². The number of rotatable bonds is 5. The zero-order valence-electron chi connectivity index (χ0n) is 16.6. The van der Waals surface area contributed by atoms with Crippen molar-refractivity contribution < 1.29 is 5.11 Å². The summed E-state index contributed by atoms with van der Waals surface area (Å²) in [5.74, 6) is 0.488. The molecule has 2 aromatic rings. The Morgan fingerprint density at radius 1 is 1.00 bits per heavy atom. The van der Waals surface area contributed by atoms with E-state index >= 15 is 0 Å². The second-order valence-corrected chi connectivity index (χ2v) is 9.22. The molecule has 1 N–H and O–H groups in total. The summed E-state index contributed by atoms with van der Waals surface area (Å²) in [6.45, 7) is 10.9. The number of hydrogen-bond donors (Lipinski definition) is 1. The van der Waals surface area contributed by atoms with Crippen LogP contribution in [0.5, 0.6) is 5.75 Å². The molecular formula is C23H32NOP. The molecule has 0 aliphatic carbocycles. The number of anilines is 1.